The Morgan fingerprint density at radius 3 is 1.71 bits per heavy atom. The lowest BCUT2D eigenvalue weighted by atomic mass is 9.82. The molecular formula is C55H39N. The quantitative estimate of drug-likeness (QED) is 0.161. The van der Waals surface area contributed by atoms with E-state index in [0.29, 0.717) is 0 Å². The lowest BCUT2D eigenvalue weighted by Gasteiger charge is -2.28. The van der Waals surface area contributed by atoms with Gasteiger partial charge in [-0.2, -0.15) is 0 Å². The number of anilines is 3. The van der Waals surface area contributed by atoms with Crippen LogP contribution in [0, 0.1) is 0 Å². The zero-order valence-electron chi connectivity index (χ0n) is 31.5. The summed E-state index contributed by atoms with van der Waals surface area (Å²) in [6.45, 7) is 4.69. The van der Waals surface area contributed by atoms with Gasteiger partial charge >= 0.3 is 0 Å². The van der Waals surface area contributed by atoms with Crippen molar-refractivity contribution >= 4 is 60.2 Å². The van der Waals surface area contributed by atoms with Gasteiger partial charge in [-0.25, -0.2) is 0 Å². The van der Waals surface area contributed by atoms with Gasteiger partial charge in [0, 0.05) is 22.5 Å². The molecule has 0 bridgehead atoms. The second-order valence-electron chi connectivity index (χ2n) is 15.7. The highest BCUT2D eigenvalue weighted by molar-refractivity contribution is 6.17. The average Bonchev–Trinajstić information content (AvgIpc) is 3.48. The molecule has 1 nitrogen and oxygen atoms in total. The Bertz CT molecular complexity index is 3160. The Hall–Kier alpha value is -6.96. The van der Waals surface area contributed by atoms with E-state index < -0.39 is 0 Å². The molecule has 1 heteroatoms. The first-order valence-corrected chi connectivity index (χ1v) is 19.6. The Morgan fingerprint density at radius 1 is 0.304 bits per heavy atom. The van der Waals surface area contributed by atoms with Gasteiger partial charge in [0.15, 0.2) is 0 Å². The molecular weight excluding hydrogens is 675 g/mol. The molecule has 10 aromatic rings. The third kappa shape index (κ3) is 5.08. The zero-order valence-corrected chi connectivity index (χ0v) is 31.5. The van der Waals surface area contributed by atoms with Gasteiger partial charge in [0.05, 0.1) is 0 Å². The van der Waals surface area contributed by atoms with Crippen LogP contribution in [0.5, 0.6) is 0 Å². The summed E-state index contributed by atoms with van der Waals surface area (Å²) in [6.07, 6.45) is 0. The minimum absolute atomic E-state index is 0.0521. The number of fused-ring (bicyclic) bond motifs is 9. The van der Waals surface area contributed by atoms with Gasteiger partial charge in [-0.05, 0) is 130 Å². The monoisotopic (exact) mass is 713 g/mol. The molecule has 11 rings (SSSR count). The van der Waals surface area contributed by atoms with E-state index in [1.807, 2.05) is 0 Å². The van der Waals surface area contributed by atoms with Gasteiger partial charge in [0.25, 0.3) is 0 Å². The maximum absolute atomic E-state index is 2.42. The standard InChI is InChI=1S/C55H39N/c1-55(2)53-20-8-7-18-50(53)52-35-44(29-32-54(52)55)56(43-15-9-14-41(33-43)47-19-10-13-37-11-3-5-16-45(37)47)42-27-23-36(24-28-42)40-22-21-39-26-30-48-46-17-6-4-12-38(46)25-31-49(48)51(39)34-40/h3-35H,1-2H3. The lowest BCUT2D eigenvalue weighted by Crippen LogP contribution is -2.15. The SMILES string of the molecule is CC1(C)c2ccccc2-c2cc(N(c3ccc(-c4ccc5ccc6c7ccccc7ccc6c5c4)cc3)c3cccc(-c4cccc5ccccc45)c3)ccc21. The second-order valence-corrected chi connectivity index (χ2v) is 15.7. The van der Waals surface area contributed by atoms with E-state index in [1.54, 1.807) is 0 Å². The van der Waals surface area contributed by atoms with E-state index in [2.05, 4.69) is 219 Å². The van der Waals surface area contributed by atoms with Crippen molar-refractivity contribution in [3.05, 3.63) is 211 Å². The smallest absolute Gasteiger partial charge is 0.0468 e. The molecule has 0 radical (unpaired) electrons. The molecule has 0 amide bonds. The number of benzene rings is 10. The molecule has 264 valence electrons. The van der Waals surface area contributed by atoms with Crippen LogP contribution in [0.2, 0.25) is 0 Å². The number of rotatable bonds is 5. The molecule has 0 heterocycles. The van der Waals surface area contributed by atoms with Gasteiger partial charge in [-0.15, -0.1) is 0 Å². The lowest BCUT2D eigenvalue weighted by molar-refractivity contribution is 0.660. The zero-order chi connectivity index (χ0) is 37.4. The van der Waals surface area contributed by atoms with Crippen LogP contribution >= 0.6 is 0 Å². The first-order chi connectivity index (χ1) is 27.5. The highest BCUT2D eigenvalue weighted by Gasteiger charge is 2.35. The average molecular weight is 714 g/mol. The van der Waals surface area contributed by atoms with Crippen LogP contribution in [0.3, 0.4) is 0 Å². The van der Waals surface area contributed by atoms with Gasteiger partial charge in [0.2, 0.25) is 0 Å². The number of hydrogen-bond donors (Lipinski definition) is 0. The third-order valence-corrected chi connectivity index (χ3v) is 12.2. The molecule has 0 N–H and O–H groups in total. The summed E-state index contributed by atoms with van der Waals surface area (Å²) in [5, 5.41) is 10.2. The van der Waals surface area contributed by atoms with Crippen molar-refractivity contribution in [3.63, 3.8) is 0 Å². The van der Waals surface area contributed by atoms with Crippen molar-refractivity contribution in [2.45, 2.75) is 19.3 Å². The molecule has 0 unspecified atom stereocenters. The summed E-state index contributed by atoms with van der Waals surface area (Å²) >= 11 is 0. The maximum atomic E-state index is 2.42. The van der Waals surface area contributed by atoms with Gasteiger partial charge in [-0.1, -0.05) is 172 Å². The molecule has 0 spiro atoms. The molecule has 10 aromatic carbocycles. The first-order valence-electron chi connectivity index (χ1n) is 19.6. The summed E-state index contributed by atoms with van der Waals surface area (Å²) in [4.78, 5) is 2.42. The largest absolute Gasteiger partial charge is 0.310 e. The predicted octanol–water partition coefficient (Wildman–Crippen LogP) is 15.4. The van der Waals surface area contributed by atoms with Crippen molar-refractivity contribution in [3.8, 4) is 33.4 Å². The van der Waals surface area contributed by atoms with Crippen LogP contribution in [0.4, 0.5) is 17.1 Å². The van der Waals surface area contributed by atoms with Crippen molar-refractivity contribution < 1.29 is 0 Å². The minimum Gasteiger partial charge on any atom is -0.310 e. The van der Waals surface area contributed by atoms with Gasteiger partial charge in [-0.3, -0.25) is 0 Å². The first kappa shape index (κ1) is 32.5. The van der Waals surface area contributed by atoms with E-state index in [-0.39, 0.29) is 5.41 Å². The van der Waals surface area contributed by atoms with Crippen molar-refractivity contribution in [2.75, 3.05) is 4.90 Å². The van der Waals surface area contributed by atoms with E-state index in [1.165, 1.54) is 87.6 Å². The molecule has 1 aliphatic rings. The molecule has 0 fully saturated rings. The van der Waals surface area contributed by atoms with Crippen LogP contribution in [-0.4, -0.2) is 0 Å². The fourth-order valence-electron chi connectivity index (χ4n) is 9.38. The minimum atomic E-state index is -0.0521. The predicted molar refractivity (Wildman–Crippen MR) is 240 cm³/mol. The van der Waals surface area contributed by atoms with E-state index in [9.17, 15) is 0 Å². The van der Waals surface area contributed by atoms with Crippen LogP contribution in [0.25, 0.3) is 76.5 Å². The normalized spacial score (nSPS) is 13.0. The number of nitrogens with zero attached hydrogens (tertiary/aromatic N) is 1. The van der Waals surface area contributed by atoms with Crippen molar-refractivity contribution in [1.82, 2.24) is 0 Å². The molecule has 0 saturated heterocycles. The Labute approximate surface area is 327 Å². The van der Waals surface area contributed by atoms with Crippen LogP contribution in [0.15, 0.2) is 200 Å². The highest BCUT2D eigenvalue weighted by atomic mass is 15.1. The molecule has 0 saturated carbocycles. The summed E-state index contributed by atoms with van der Waals surface area (Å²) in [5.41, 5.74) is 13.6. The van der Waals surface area contributed by atoms with Crippen molar-refractivity contribution in [1.29, 1.82) is 0 Å². The summed E-state index contributed by atoms with van der Waals surface area (Å²) in [6, 6.07) is 74.0. The topological polar surface area (TPSA) is 3.24 Å². The van der Waals surface area contributed by atoms with Crippen molar-refractivity contribution in [2.24, 2.45) is 0 Å². The fraction of sp³-hybridized carbons (Fsp3) is 0.0545. The van der Waals surface area contributed by atoms with Gasteiger partial charge in [0.1, 0.15) is 0 Å². The van der Waals surface area contributed by atoms with E-state index >= 15 is 0 Å². The highest BCUT2D eigenvalue weighted by Crippen LogP contribution is 2.51. The molecule has 0 atom stereocenters. The summed E-state index contributed by atoms with van der Waals surface area (Å²) < 4.78 is 0. The Balaban J connectivity index is 1.05. The summed E-state index contributed by atoms with van der Waals surface area (Å²) in [5.74, 6) is 0. The van der Waals surface area contributed by atoms with Crippen LogP contribution < -0.4 is 4.90 Å². The fourth-order valence-corrected chi connectivity index (χ4v) is 9.38. The third-order valence-electron chi connectivity index (χ3n) is 12.2. The van der Waals surface area contributed by atoms with Crippen LogP contribution in [-0.2, 0) is 5.41 Å². The Kier molecular flexibility index (Phi) is 7.28. The molecule has 0 aliphatic heterocycles. The molecule has 56 heavy (non-hydrogen) atoms. The number of hydrogen-bond acceptors (Lipinski definition) is 1. The Morgan fingerprint density at radius 2 is 0.875 bits per heavy atom. The van der Waals surface area contributed by atoms with E-state index in [0.717, 1.165) is 17.1 Å². The van der Waals surface area contributed by atoms with E-state index in [4.69, 9.17) is 0 Å². The molecule has 0 aromatic heterocycles. The summed E-state index contributed by atoms with van der Waals surface area (Å²) in [7, 11) is 0. The van der Waals surface area contributed by atoms with Gasteiger partial charge < -0.3 is 4.90 Å². The molecule has 1 aliphatic carbocycles. The van der Waals surface area contributed by atoms with Crippen LogP contribution in [0.1, 0.15) is 25.0 Å². The second kappa shape index (κ2) is 12.5. The maximum Gasteiger partial charge on any atom is 0.0468 e.